The first-order valence-corrected chi connectivity index (χ1v) is 4.93. The predicted octanol–water partition coefficient (Wildman–Crippen LogP) is 2.19. The van der Waals surface area contributed by atoms with Crippen molar-refractivity contribution in [2.75, 3.05) is 0 Å². The summed E-state index contributed by atoms with van der Waals surface area (Å²) in [5.74, 6) is 0. The minimum atomic E-state index is -0.00218. The van der Waals surface area contributed by atoms with Crippen LogP contribution in [0.4, 0.5) is 0 Å². The largest absolute Gasteiger partial charge is 0.390 e. The minimum absolute atomic E-state index is 0.00218. The lowest BCUT2D eigenvalue weighted by molar-refractivity contribution is 0.276. The number of benzene rings is 1. The molecular weight excluding hydrogens is 188 g/mol. The van der Waals surface area contributed by atoms with E-state index in [2.05, 4.69) is 42.2 Å². The average molecular weight is 202 g/mol. The van der Waals surface area contributed by atoms with Gasteiger partial charge in [0.25, 0.3) is 0 Å². The molecule has 0 saturated carbocycles. The highest BCUT2D eigenvalue weighted by molar-refractivity contribution is 5.61. The number of hydrogen-bond acceptors (Lipinski definition) is 2. The third-order valence-electron chi connectivity index (χ3n) is 2.32. The summed E-state index contributed by atoms with van der Waals surface area (Å²) in [6.45, 7) is 4.13. The van der Waals surface area contributed by atoms with Crippen molar-refractivity contribution >= 4 is 0 Å². The van der Waals surface area contributed by atoms with E-state index in [0.29, 0.717) is 0 Å². The Morgan fingerprint density at radius 1 is 1.13 bits per heavy atom. The molecule has 15 heavy (non-hydrogen) atoms. The summed E-state index contributed by atoms with van der Waals surface area (Å²) in [5, 5.41) is 15.9. The van der Waals surface area contributed by atoms with E-state index in [9.17, 15) is 0 Å². The second-order valence-corrected chi connectivity index (χ2v) is 3.81. The zero-order valence-corrected chi connectivity index (χ0v) is 8.91. The molecule has 1 heterocycles. The number of hydrogen-bond donors (Lipinski definition) is 2. The van der Waals surface area contributed by atoms with Gasteiger partial charge in [-0.25, -0.2) is 0 Å². The summed E-state index contributed by atoms with van der Waals surface area (Å²) in [4.78, 5) is 0. The van der Waals surface area contributed by atoms with Crippen LogP contribution >= 0.6 is 0 Å². The zero-order valence-electron chi connectivity index (χ0n) is 8.91. The Morgan fingerprint density at radius 2 is 1.80 bits per heavy atom. The van der Waals surface area contributed by atoms with Crippen molar-refractivity contribution in [1.29, 1.82) is 0 Å². The van der Waals surface area contributed by atoms with Crippen molar-refractivity contribution in [3.05, 3.63) is 41.1 Å². The van der Waals surface area contributed by atoms with Gasteiger partial charge in [0.1, 0.15) is 0 Å². The van der Waals surface area contributed by atoms with Gasteiger partial charge in [-0.2, -0.15) is 5.10 Å². The summed E-state index contributed by atoms with van der Waals surface area (Å²) >= 11 is 0. The first-order valence-electron chi connectivity index (χ1n) is 4.93. The molecule has 3 nitrogen and oxygen atoms in total. The topological polar surface area (TPSA) is 48.9 Å². The van der Waals surface area contributed by atoms with Gasteiger partial charge in [0.2, 0.25) is 0 Å². The molecule has 78 valence electrons. The Kier molecular flexibility index (Phi) is 2.56. The van der Waals surface area contributed by atoms with Gasteiger partial charge in [0, 0.05) is 5.56 Å². The molecule has 1 aromatic carbocycles. The van der Waals surface area contributed by atoms with Crippen molar-refractivity contribution in [2.45, 2.75) is 20.5 Å². The third-order valence-corrected chi connectivity index (χ3v) is 2.32. The Balaban J connectivity index is 2.44. The molecule has 0 radical (unpaired) electrons. The Morgan fingerprint density at radius 3 is 2.33 bits per heavy atom. The summed E-state index contributed by atoms with van der Waals surface area (Å²) in [5.41, 5.74) is 5.15. The number of aliphatic hydroxyl groups excluding tert-OH is 1. The van der Waals surface area contributed by atoms with Crippen LogP contribution in [-0.2, 0) is 6.61 Å². The van der Waals surface area contributed by atoms with Crippen molar-refractivity contribution in [1.82, 2.24) is 10.2 Å². The molecule has 0 saturated heterocycles. The molecule has 0 aliphatic heterocycles. The van der Waals surface area contributed by atoms with Crippen molar-refractivity contribution in [2.24, 2.45) is 0 Å². The maximum Gasteiger partial charge on any atom is 0.0924 e. The van der Waals surface area contributed by atoms with E-state index in [1.54, 1.807) is 0 Å². The molecule has 0 aliphatic carbocycles. The van der Waals surface area contributed by atoms with Gasteiger partial charge in [-0.3, -0.25) is 5.10 Å². The molecule has 0 amide bonds. The number of aryl methyl sites for hydroxylation is 2. The molecule has 0 bridgehead atoms. The smallest absolute Gasteiger partial charge is 0.0924 e. The normalized spacial score (nSPS) is 10.6. The fourth-order valence-electron chi connectivity index (χ4n) is 1.71. The molecular formula is C12H14N2O. The highest BCUT2D eigenvalue weighted by Gasteiger charge is 2.04. The number of aromatic nitrogens is 2. The number of nitrogens with one attached hydrogen (secondary N) is 1. The van der Waals surface area contributed by atoms with Gasteiger partial charge < -0.3 is 5.11 Å². The van der Waals surface area contributed by atoms with E-state index in [-0.39, 0.29) is 6.61 Å². The molecule has 3 heteroatoms. The van der Waals surface area contributed by atoms with Crippen LogP contribution in [0, 0.1) is 13.8 Å². The van der Waals surface area contributed by atoms with E-state index < -0.39 is 0 Å². The second kappa shape index (κ2) is 3.87. The molecule has 2 aromatic rings. The molecule has 1 aromatic heterocycles. The van der Waals surface area contributed by atoms with Gasteiger partial charge in [0.15, 0.2) is 0 Å². The lowest BCUT2D eigenvalue weighted by Gasteiger charge is -2.01. The fraction of sp³-hybridized carbons (Fsp3) is 0.250. The average Bonchev–Trinajstić information content (AvgIpc) is 2.64. The van der Waals surface area contributed by atoms with Gasteiger partial charge >= 0.3 is 0 Å². The SMILES string of the molecule is Cc1cc(C)cc(-c2cc(CO)[nH]n2)c1. The quantitative estimate of drug-likeness (QED) is 0.784. The van der Waals surface area contributed by atoms with Crippen LogP contribution in [-0.4, -0.2) is 15.3 Å². The number of H-pyrrole nitrogens is 1. The second-order valence-electron chi connectivity index (χ2n) is 3.81. The molecule has 2 N–H and O–H groups in total. The molecule has 2 rings (SSSR count). The Bertz CT molecular complexity index is 454. The van der Waals surface area contributed by atoms with Crippen LogP contribution in [0.5, 0.6) is 0 Å². The van der Waals surface area contributed by atoms with Gasteiger partial charge in [-0.15, -0.1) is 0 Å². The third kappa shape index (κ3) is 2.07. The van der Waals surface area contributed by atoms with E-state index in [0.717, 1.165) is 17.0 Å². The van der Waals surface area contributed by atoms with E-state index in [1.807, 2.05) is 6.07 Å². The van der Waals surface area contributed by atoms with Gasteiger partial charge in [-0.1, -0.05) is 17.2 Å². The van der Waals surface area contributed by atoms with Crippen LogP contribution < -0.4 is 0 Å². The highest BCUT2D eigenvalue weighted by Crippen LogP contribution is 2.20. The number of aromatic amines is 1. The zero-order chi connectivity index (χ0) is 10.8. The molecule has 0 spiro atoms. The monoisotopic (exact) mass is 202 g/mol. The first kappa shape index (κ1) is 9.93. The van der Waals surface area contributed by atoms with E-state index in [4.69, 9.17) is 5.11 Å². The summed E-state index contributed by atoms with van der Waals surface area (Å²) in [6, 6.07) is 8.17. The van der Waals surface area contributed by atoms with Crippen molar-refractivity contribution < 1.29 is 5.11 Å². The lowest BCUT2D eigenvalue weighted by atomic mass is 10.1. The number of aliphatic hydroxyl groups is 1. The van der Waals surface area contributed by atoms with Gasteiger partial charge in [0.05, 0.1) is 18.0 Å². The number of rotatable bonds is 2. The standard InChI is InChI=1S/C12H14N2O/c1-8-3-9(2)5-10(4-8)12-6-11(7-15)13-14-12/h3-6,15H,7H2,1-2H3,(H,13,14). The van der Waals surface area contributed by atoms with Crippen LogP contribution in [0.1, 0.15) is 16.8 Å². The Labute approximate surface area is 88.8 Å². The maximum absolute atomic E-state index is 8.94. The van der Waals surface area contributed by atoms with Crippen molar-refractivity contribution in [3.8, 4) is 11.3 Å². The fourth-order valence-corrected chi connectivity index (χ4v) is 1.71. The predicted molar refractivity (Wildman–Crippen MR) is 59.4 cm³/mol. The van der Waals surface area contributed by atoms with Crippen molar-refractivity contribution in [3.63, 3.8) is 0 Å². The summed E-state index contributed by atoms with van der Waals surface area (Å²) < 4.78 is 0. The lowest BCUT2D eigenvalue weighted by Crippen LogP contribution is -1.82. The first-order chi connectivity index (χ1) is 7.19. The summed E-state index contributed by atoms with van der Waals surface area (Å²) in [7, 11) is 0. The number of nitrogens with zero attached hydrogens (tertiary/aromatic N) is 1. The van der Waals surface area contributed by atoms with Crippen LogP contribution in [0.2, 0.25) is 0 Å². The maximum atomic E-state index is 8.94. The van der Waals surface area contributed by atoms with E-state index in [1.165, 1.54) is 11.1 Å². The molecule has 0 atom stereocenters. The van der Waals surface area contributed by atoms with Crippen LogP contribution in [0.3, 0.4) is 0 Å². The van der Waals surface area contributed by atoms with E-state index >= 15 is 0 Å². The Hall–Kier alpha value is -1.61. The van der Waals surface area contributed by atoms with Crippen LogP contribution in [0.15, 0.2) is 24.3 Å². The molecule has 0 unspecified atom stereocenters. The minimum Gasteiger partial charge on any atom is -0.390 e. The van der Waals surface area contributed by atoms with Gasteiger partial charge in [-0.05, 0) is 32.0 Å². The molecule has 0 aliphatic rings. The highest BCUT2D eigenvalue weighted by atomic mass is 16.3. The van der Waals surface area contributed by atoms with Crippen LogP contribution in [0.25, 0.3) is 11.3 Å². The summed E-state index contributed by atoms with van der Waals surface area (Å²) in [6.07, 6.45) is 0. The molecule has 0 fully saturated rings.